The Balaban J connectivity index is 2.03. The molecule has 0 aromatic heterocycles. The first-order chi connectivity index (χ1) is 8.66. The van der Waals surface area contributed by atoms with E-state index in [1.54, 1.807) is 13.0 Å². The van der Waals surface area contributed by atoms with Gasteiger partial charge in [-0.3, -0.25) is 4.90 Å². The van der Waals surface area contributed by atoms with E-state index in [1.165, 1.54) is 6.07 Å². The van der Waals surface area contributed by atoms with Gasteiger partial charge >= 0.3 is 0 Å². The van der Waals surface area contributed by atoms with E-state index < -0.39 is 0 Å². The van der Waals surface area contributed by atoms with Crippen LogP contribution in [0.15, 0.2) is 12.1 Å². The Labute approximate surface area is 112 Å². The van der Waals surface area contributed by atoms with Crippen LogP contribution in [-0.4, -0.2) is 37.6 Å². The predicted molar refractivity (Wildman–Crippen MR) is 72.3 cm³/mol. The first-order valence-electron chi connectivity index (χ1n) is 6.04. The summed E-state index contributed by atoms with van der Waals surface area (Å²) in [5.41, 5.74) is 1.27. The van der Waals surface area contributed by atoms with Crippen LogP contribution in [0.4, 0.5) is 4.39 Å². The number of nitrogens with one attached hydrogen (secondary N) is 1. The number of hydrogen-bond acceptors (Lipinski definition) is 2. The smallest absolute Gasteiger partial charge is 0.127 e. The van der Waals surface area contributed by atoms with Crippen molar-refractivity contribution in [2.75, 3.05) is 32.7 Å². The Morgan fingerprint density at radius 1 is 1.39 bits per heavy atom. The molecular weight excluding hydrogens is 251 g/mol. The lowest BCUT2D eigenvalue weighted by Crippen LogP contribution is -2.43. The Morgan fingerprint density at radius 3 is 2.83 bits per heavy atom. The second-order valence-corrected chi connectivity index (χ2v) is 4.82. The van der Waals surface area contributed by atoms with E-state index in [-0.39, 0.29) is 5.82 Å². The maximum absolute atomic E-state index is 13.2. The lowest BCUT2D eigenvalue weighted by atomic mass is 10.1. The van der Waals surface area contributed by atoms with E-state index in [1.807, 2.05) is 0 Å². The molecule has 96 valence electrons. The third-order valence-electron chi connectivity index (χ3n) is 2.98. The standard InChI is InChI=1S/C14H16ClFN2/c1-11-9-12(13(15)10-14(11)16)3-2-6-18-7-4-17-5-8-18/h9-10,17H,4-8H2,1H3. The van der Waals surface area contributed by atoms with Gasteiger partial charge in [-0.05, 0) is 24.6 Å². The van der Waals surface area contributed by atoms with Crippen molar-refractivity contribution in [2.45, 2.75) is 6.92 Å². The van der Waals surface area contributed by atoms with Gasteiger partial charge in [0.25, 0.3) is 0 Å². The summed E-state index contributed by atoms with van der Waals surface area (Å²) in [7, 11) is 0. The molecule has 0 aliphatic carbocycles. The first kappa shape index (κ1) is 13.4. The van der Waals surface area contributed by atoms with Crippen LogP contribution in [0.25, 0.3) is 0 Å². The van der Waals surface area contributed by atoms with Crippen molar-refractivity contribution in [3.05, 3.63) is 34.1 Å². The zero-order chi connectivity index (χ0) is 13.0. The van der Waals surface area contributed by atoms with Gasteiger partial charge in [-0.25, -0.2) is 4.39 Å². The minimum absolute atomic E-state index is 0.285. The third-order valence-corrected chi connectivity index (χ3v) is 3.30. The summed E-state index contributed by atoms with van der Waals surface area (Å²) in [5.74, 6) is 5.83. The maximum Gasteiger partial charge on any atom is 0.127 e. The Bertz CT molecular complexity index is 485. The van der Waals surface area contributed by atoms with Crippen LogP contribution >= 0.6 is 11.6 Å². The second-order valence-electron chi connectivity index (χ2n) is 4.41. The number of halogens is 2. The Hall–Kier alpha value is -1.08. The van der Waals surface area contributed by atoms with Crippen molar-refractivity contribution < 1.29 is 4.39 Å². The highest BCUT2D eigenvalue weighted by atomic mass is 35.5. The highest BCUT2D eigenvalue weighted by Gasteiger charge is 2.07. The van der Waals surface area contributed by atoms with Gasteiger partial charge in [0.15, 0.2) is 0 Å². The van der Waals surface area contributed by atoms with E-state index in [4.69, 9.17) is 11.6 Å². The summed E-state index contributed by atoms with van der Waals surface area (Å²) < 4.78 is 13.2. The zero-order valence-corrected chi connectivity index (χ0v) is 11.1. The van der Waals surface area contributed by atoms with Crippen LogP contribution in [0.1, 0.15) is 11.1 Å². The van der Waals surface area contributed by atoms with Crippen LogP contribution in [0.3, 0.4) is 0 Å². The van der Waals surface area contributed by atoms with Crippen LogP contribution in [0.2, 0.25) is 5.02 Å². The Morgan fingerprint density at radius 2 is 2.11 bits per heavy atom. The molecule has 1 N–H and O–H groups in total. The number of hydrogen-bond donors (Lipinski definition) is 1. The average molecular weight is 267 g/mol. The van der Waals surface area contributed by atoms with Gasteiger partial charge in [-0.15, -0.1) is 0 Å². The van der Waals surface area contributed by atoms with Crippen molar-refractivity contribution in [3.63, 3.8) is 0 Å². The molecule has 2 nitrogen and oxygen atoms in total. The van der Waals surface area contributed by atoms with E-state index in [0.717, 1.165) is 32.7 Å². The highest BCUT2D eigenvalue weighted by molar-refractivity contribution is 6.31. The van der Waals surface area contributed by atoms with Crippen molar-refractivity contribution in [1.82, 2.24) is 10.2 Å². The molecule has 18 heavy (non-hydrogen) atoms. The monoisotopic (exact) mass is 266 g/mol. The lowest BCUT2D eigenvalue weighted by molar-refractivity contribution is 0.268. The summed E-state index contributed by atoms with van der Waals surface area (Å²) >= 11 is 5.96. The van der Waals surface area contributed by atoms with Crippen molar-refractivity contribution in [3.8, 4) is 11.8 Å². The molecule has 1 fully saturated rings. The van der Waals surface area contributed by atoms with Gasteiger partial charge in [-0.1, -0.05) is 23.4 Å². The van der Waals surface area contributed by atoms with Crippen LogP contribution in [-0.2, 0) is 0 Å². The molecule has 0 bridgehead atoms. The summed E-state index contributed by atoms with van der Waals surface area (Å²) in [5, 5.41) is 3.67. The Kier molecular flexibility index (Phi) is 4.60. The molecule has 4 heteroatoms. The molecule has 1 aliphatic heterocycles. The van der Waals surface area contributed by atoms with Gasteiger partial charge < -0.3 is 5.32 Å². The average Bonchev–Trinajstić information content (AvgIpc) is 2.37. The summed E-state index contributed by atoms with van der Waals surface area (Å²) in [6, 6.07) is 3.02. The number of benzene rings is 1. The molecule has 1 aromatic rings. The molecular formula is C14H16ClFN2. The zero-order valence-electron chi connectivity index (χ0n) is 10.4. The molecule has 1 aromatic carbocycles. The first-order valence-corrected chi connectivity index (χ1v) is 6.42. The number of rotatable bonds is 1. The topological polar surface area (TPSA) is 15.3 Å². The molecule has 0 radical (unpaired) electrons. The van der Waals surface area contributed by atoms with Crippen LogP contribution in [0, 0.1) is 24.6 Å². The molecule has 0 atom stereocenters. The molecule has 2 rings (SSSR count). The quantitative estimate of drug-likeness (QED) is 0.783. The van der Waals surface area contributed by atoms with Gasteiger partial charge in [0.1, 0.15) is 5.82 Å². The third kappa shape index (κ3) is 3.46. The summed E-state index contributed by atoms with van der Waals surface area (Å²) in [6.45, 7) is 6.51. The SMILES string of the molecule is Cc1cc(C#CCN2CCNCC2)c(Cl)cc1F. The van der Waals surface area contributed by atoms with Gasteiger partial charge in [0.2, 0.25) is 0 Å². The fourth-order valence-corrected chi connectivity index (χ4v) is 2.07. The summed E-state index contributed by atoms with van der Waals surface area (Å²) in [6.07, 6.45) is 0. The number of piperazine rings is 1. The van der Waals surface area contributed by atoms with E-state index >= 15 is 0 Å². The fraction of sp³-hybridized carbons (Fsp3) is 0.429. The highest BCUT2D eigenvalue weighted by Crippen LogP contribution is 2.19. The van der Waals surface area contributed by atoms with E-state index in [2.05, 4.69) is 22.1 Å². The minimum Gasteiger partial charge on any atom is -0.314 e. The molecule has 0 saturated carbocycles. The van der Waals surface area contributed by atoms with Gasteiger partial charge in [0.05, 0.1) is 11.6 Å². The van der Waals surface area contributed by atoms with E-state index in [9.17, 15) is 4.39 Å². The normalized spacial score (nSPS) is 16.2. The van der Waals surface area contributed by atoms with Crippen LogP contribution < -0.4 is 5.32 Å². The molecule has 1 heterocycles. The molecule has 1 aliphatic rings. The van der Waals surface area contributed by atoms with E-state index in [0.29, 0.717) is 16.1 Å². The van der Waals surface area contributed by atoms with Crippen molar-refractivity contribution in [2.24, 2.45) is 0 Å². The predicted octanol–water partition coefficient (Wildman–Crippen LogP) is 2.04. The minimum atomic E-state index is -0.285. The number of nitrogens with zero attached hydrogens (tertiary/aromatic N) is 1. The van der Waals surface area contributed by atoms with Gasteiger partial charge in [-0.2, -0.15) is 0 Å². The molecule has 1 saturated heterocycles. The fourth-order valence-electron chi connectivity index (χ4n) is 1.87. The molecule has 0 amide bonds. The maximum atomic E-state index is 13.2. The second kappa shape index (κ2) is 6.19. The largest absolute Gasteiger partial charge is 0.314 e. The van der Waals surface area contributed by atoms with Crippen molar-refractivity contribution in [1.29, 1.82) is 0 Å². The van der Waals surface area contributed by atoms with Crippen molar-refractivity contribution >= 4 is 11.6 Å². The molecule has 0 unspecified atom stereocenters. The van der Waals surface area contributed by atoms with Gasteiger partial charge in [0, 0.05) is 31.7 Å². The lowest BCUT2D eigenvalue weighted by Gasteiger charge is -2.24. The molecule has 0 spiro atoms. The van der Waals surface area contributed by atoms with Crippen LogP contribution in [0.5, 0.6) is 0 Å². The summed E-state index contributed by atoms with van der Waals surface area (Å²) in [4.78, 5) is 2.29. The number of aryl methyl sites for hydroxylation is 1.